The average molecular weight is 325 g/mol. The van der Waals surface area contributed by atoms with Gasteiger partial charge in [0.25, 0.3) is 0 Å². The molecule has 1 saturated heterocycles. The van der Waals surface area contributed by atoms with Crippen LogP contribution in [-0.2, 0) is 9.59 Å². The van der Waals surface area contributed by atoms with Crippen LogP contribution in [0, 0.1) is 0 Å². The highest BCUT2D eigenvalue weighted by Gasteiger charge is 2.26. The SMILES string of the molecule is C=CC(=O)N(C)CC(=O)N1CCC(c2c[nH]c3ccccc23)CC1. The van der Waals surface area contributed by atoms with Crippen molar-refractivity contribution in [2.75, 3.05) is 26.7 Å². The molecular formula is C19H23N3O2. The van der Waals surface area contributed by atoms with Gasteiger partial charge in [-0.15, -0.1) is 0 Å². The third-order valence-corrected chi connectivity index (χ3v) is 4.83. The standard InChI is InChI=1S/C19H23N3O2/c1-3-18(23)21(2)13-19(24)22-10-8-14(9-11-22)16-12-20-17-7-5-4-6-15(16)17/h3-7,12,14,20H,1,8-11,13H2,2H3. The van der Waals surface area contributed by atoms with Crippen molar-refractivity contribution < 1.29 is 9.59 Å². The normalized spacial score (nSPS) is 15.5. The predicted molar refractivity (Wildman–Crippen MR) is 94.7 cm³/mol. The van der Waals surface area contributed by atoms with E-state index in [2.05, 4.69) is 36.0 Å². The third-order valence-electron chi connectivity index (χ3n) is 4.83. The monoisotopic (exact) mass is 325 g/mol. The molecule has 0 spiro atoms. The first kappa shape index (κ1) is 16.3. The number of likely N-dealkylation sites (tertiary alicyclic amines) is 1. The lowest BCUT2D eigenvalue weighted by Crippen LogP contribution is -2.44. The molecule has 0 atom stereocenters. The number of piperidine rings is 1. The third kappa shape index (κ3) is 3.20. The van der Waals surface area contributed by atoms with Gasteiger partial charge in [0.05, 0.1) is 6.54 Å². The number of aromatic amines is 1. The average Bonchev–Trinajstić information content (AvgIpc) is 3.05. The molecule has 0 bridgehead atoms. The maximum atomic E-state index is 12.3. The minimum absolute atomic E-state index is 0.00470. The van der Waals surface area contributed by atoms with E-state index in [0.717, 1.165) is 31.4 Å². The number of carbonyl (C=O) groups is 2. The van der Waals surface area contributed by atoms with Gasteiger partial charge in [-0.1, -0.05) is 24.8 Å². The molecule has 24 heavy (non-hydrogen) atoms. The Kier molecular flexibility index (Phi) is 4.69. The Labute approximate surface area is 141 Å². The molecule has 1 aliphatic rings. The van der Waals surface area contributed by atoms with Crippen molar-refractivity contribution in [2.24, 2.45) is 0 Å². The molecule has 2 amide bonds. The van der Waals surface area contributed by atoms with Crippen molar-refractivity contribution >= 4 is 22.7 Å². The smallest absolute Gasteiger partial charge is 0.246 e. The first-order valence-corrected chi connectivity index (χ1v) is 8.31. The maximum absolute atomic E-state index is 12.3. The van der Waals surface area contributed by atoms with Crippen molar-refractivity contribution in [3.05, 3.63) is 48.7 Å². The second-order valence-electron chi connectivity index (χ2n) is 6.34. The van der Waals surface area contributed by atoms with Crippen LogP contribution in [-0.4, -0.2) is 53.3 Å². The number of carbonyl (C=O) groups excluding carboxylic acids is 2. The zero-order valence-electron chi connectivity index (χ0n) is 14.0. The number of rotatable bonds is 4. The number of amides is 2. The van der Waals surface area contributed by atoms with Crippen molar-refractivity contribution in [1.82, 2.24) is 14.8 Å². The molecule has 1 aliphatic heterocycles. The van der Waals surface area contributed by atoms with E-state index in [0.29, 0.717) is 5.92 Å². The fraction of sp³-hybridized carbons (Fsp3) is 0.368. The molecule has 0 aliphatic carbocycles. The van der Waals surface area contributed by atoms with Gasteiger partial charge in [-0.3, -0.25) is 9.59 Å². The van der Waals surface area contributed by atoms with E-state index in [1.807, 2.05) is 11.0 Å². The largest absolute Gasteiger partial charge is 0.361 e. The molecule has 1 aromatic carbocycles. The predicted octanol–water partition coefficient (Wildman–Crippen LogP) is 2.52. The van der Waals surface area contributed by atoms with Gasteiger partial charge in [-0.2, -0.15) is 0 Å². The van der Waals surface area contributed by atoms with Crippen molar-refractivity contribution in [3.8, 4) is 0 Å². The Hall–Kier alpha value is -2.56. The molecule has 2 aromatic rings. The Morgan fingerprint density at radius 3 is 2.75 bits per heavy atom. The summed E-state index contributed by atoms with van der Waals surface area (Å²) in [5.41, 5.74) is 2.51. The molecule has 2 heterocycles. The van der Waals surface area contributed by atoms with Gasteiger partial charge in [0, 0.05) is 37.2 Å². The number of para-hydroxylation sites is 1. The zero-order chi connectivity index (χ0) is 17.1. The highest BCUT2D eigenvalue weighted by molar-refractivity contribution is 5.90. The highest BCUT2D eigenvalue weighted by atomic mass is 16.2. The summed E-state index contributed by atoms with van der Waals surface area (Å²) in [4.78, 5) is 30.4. The summed E-state index contributed by atoms with van der Waals surface area (Å²) in [5, 5.41) is 1.28. The molecule has 126 valence electrons. The topological polar surface area (TPSA) is 56.4 Å². The summed E-state index contributed by atoms with van der Waals surface area (Å²) in [5.74, 6) is 0.250. The number of fused-ring (bicyclic) bond motifs is 1. The minimum atomic E-state index is -0.225. The van der Waals surface area contributed by atoms with E-state index in [9.17, 15) is 9.59 Å². The lowest BCUT2D eigenvalue weighted by molar-refractivity contribution is -0.138. The number of hydrogen-bond acceptors (Lipinski definition) is 2. The van der Waals surface area contributed by atoms with E-state index >= 15 is 0 Å². The molecular weight excluding hydrogens is 302 g/mol. The Morgan fingerprint density at radius 2 is 2.04 bits per heavy atom. The number of benzene rings is 1. The number of hydrogen-bond donors (Lipinski definition) is 1. The Balaban J connectivity index is 1.60. The molecule has 1 fully saturated rings. The van der Waals surface area contributed by atoms with Crippen LogP contribution in [0.1, 0.15) is 24.3 Å². The molecule has 0 radical (unpaired) electrons. The number of H-pyrrole nitrogens is 1. The molecule has 0 unspecified atom stereocenters. The summed E-state index contributed by atoms with van der Waals surface area (Å²) in [6.45, 7) is 5.03. The lowest BCUT2D eigenvalue weighted by atomic mass is 9.89. The van der Waals surface area contributed by atoms with Crippen LogP contribution in [0.3, 0.4) is 0 Å². The van der Waals surface area contributed by atoms with Crippen LogP contribution >= 0.6 is 0 Å². The number of aromatic nitrogens is 1. The first-order valence-electron chi connectivity index (χ1n) is 8.31. The number of likely N-dealkylation sites (N-methyl/N-ethyl adjacent to an activating group) is 1. The minimum Gasteiger partial charge on any atom is -0.361 e. The fourth-order valence-corrected chi connectivity index (χ4v) is 3.41. The molecule has 1 aromatic heterocycles. The van der Waals surface area contributed by atoms with Crippen LogP contribution in [0.2, 0.25) is 0 Å². The van der Waals surface area contributed by atoms with Gasteiger partial charge in [0.2, 0.25) is 11.8 Å². The van der Waals surface area contributed by atoms with Crippen LogP contribution < -0.4 is 0 Å². The summed E-state index contributed by atoms with van der Waals surface area (Å²) >= 11 is 0. The maximum Gasteiger partial charge on any atom is 0.246 e. The van der Waals surface area contributed by atoms with Crippen molar-refractivity contribution in [1.29, 1.82) is 0 Å². The summed E-state index contributed by atoms with van der Waals surface area (Å²) in [7, 11) is 1.63. The van der Waals surface area contributed by atoms with E-state index in [-0.39, 0.29) is 18.4 Å². The van der Waals surface area contributed by atoms with E-state index in [1.165, 1.54) is 21.9 Å². The van der Waals surface area contributed by atoms with E-state index in [1.54, 1.807) is 7.05 Å². The van der Waals surface area contributed by atoms with Crippen LogP contribution in [0.25, 0.3) is 10.9 Å². The summed E-state index contributed by atoms with van der Waals surface area (Å²) < 4.78 is 0. The molecule has 5 nitrogen and oxygen atoms in total. The summed E-state index contributed by atoms with van der Waals surface area (Å²) in [6.07, 6.45) is 5.24. The van der Waals surface area contributed by atoms with Crippen LogP contribution in [0.5, 0.6) is 0 Å². The fourth-order valence-electron chi connectivity index (χ4n) is 3.41. The number of nitrogens with zero attached hydrogens (tertiary/aromatic N) is 2. The first-order chi connectivity index (χ1) is 11.6. The van der Waals surface area contributed by atoms with E-state index < -0.39 is 0 Å². The van der Waals surface area contributed by atoms with Crippen molar-refractivity contribution in [3.63, 3.8) is 0 Å². The van der Waals surface area contributed by atoms with Gasteiger partial charge in [-0.05, 0) is 36.5 Å². The molecule has 5 heteroatoms. The second kappa shape index (κ2) is 6.91. The lowest BCUT2D eigenvalue weighted by Gasteiger charge is -2.33. The van der Waals surface area contributed by atoms with Gasteiger partial charge in [0.1, 0.15) is 0 Å². The van der Waals surface area contributed by atoms with Gasteiger partial charge >= 0.3 is 0 Å². The number of nitrogens with one attached hydrogen (secondary N) is 1. The Morgan fingerprint density at radius 1 is 1.33 bits per heavy atom. The van der Waals surface area contributed by atoms with Gasteiger partial charge in [0.15, 0.2) is 0 Å². The summed E-state index contributed by atoms with van der Waals surface area (Å²) in [6, 6.07) is 8.33. The van der Waals surface area contributed by atoms with Crippen molar-refractivity contribution in [2.45, 2.75) is 18.8 Å². The zero-order valence-corrected chi connectivity index (χ0v) is 14.0. The molecule has 1 N–H and O–H groups in total. The van der Waals surface area contributed by atoms with Gasteiger partial charge in [-0.25, -0.2) is 0 Å². The molecule has 0 saturated carbocycles. The Bertz CT molecular complexity index is 757. The van der Waals surface area contributed by atoms with E-state index in [4.69, 9.17) is 0 Å². The highest BCUT2D eigenvalue weighted by Crippen LogP contribution is 2.33. The van der Waals surface area contributed by atoms with Crippen LogP contribution in [0.15, 0.2) is 43.1 Å². The second-order valence-corrected chi connectivity index (χ2v) is 6.34. The quantitative estimate of drug-likeness (QED) is 0.878. The van der Waals surface area contributed by atoms with Gasteiger partial charge < -0.3 is 14.8 Å². The molecule has 3 rings (SSSR count). The van der Waals surface area contributed by atoms with Crippen LogP contribution in [0.4, 0.5) is 0 Å².